The number of nitrogens with zero attached hydrogens (tertiary/aromatic N) is 4. The number of anilines is 2. The molecular weight excluding hydrogens is 467 g/mol. The molecule has 2 aliphatic heterocycles. The number of urea groups is 1. The van der Waals surface area contributed by atoms with Crippen molar-refractivity contribution in [3.63, 3.8) is 0 Å². The second-order valence-corrected chi connectivity index (χ2v) is 9.87. The van der Waals surface area contributed by atoms with Gasteiger partial charge in [-0.1, -0.05) is 24.6 Å². The molecule has 2 saturated heterocycles. The van der Waals surface area contributed by atoms with Crippen LogP contribution in [0.3, 0.4) is 0 Å². The molecule has 0 unspecified atom stereocenters. The Morgan fingerprint density at radius 2 is 1.80 bits per heavy atom. The molecule has 2 aromatic carbocycles. The number of halogens is 2. The smallest absolute Gasteiger partial charge is 0.324 e. The van der Waals surface area contributed by atoms with E-state index in [2.05, 4.69) is 16.8 Å². The summed E-state index contributed by atoms with van der Waals surface area (Å²) >= 11 is 6.54. The third-order valence-electron chi connectivity index (χ3n) is 6.88. The molecule has 182 valence electrons. The summed E-state index contributed by atoms with van der Waals surface area (Å²) in [5.41, 5.74) is 2.58. The number of phenols is 1. The first-order chi connectivity index (χ1) is 16.8. The molecule has 1 N–H and O–H groups in total. The van der Waals surface area contributed by atoms with E-state index in [-0.39, 0.29) is 11.8 Å². The molecule has 35 heavy (non-hydrogen) atoms. The van der Waals surface area contributed by atoms with Gasteiger partial charge in [0.25, 0.3) is 0 Å². The maximum absolute atomic E-state index is 14.8. The quantitative estimate of drug-likeness (QED) is 0.481. The number of carbonyl (C=O) groups is 1. The highest BCUT2D eigenvalue weighted by atomic mass is 35.5. The standard InChI is InChI=1S/C27H28ClFN4O2/c1-17-4-3-9-32(16-17)25-13-19(7-8-30-25)22-15-20(29)14-21(26(22)34)18-5-6-24(23(28)12-18)33-11-10-31(2)27(33)35/h5-8,12-15,17,34H,3-4,9-11,16H2,1-2H3/t17-/m0/s1. The molecule has 1 atom stereocenters. The summed E-state index contributed by atoms with van der Waals surface area (Å²) in [6, 6.07) is 11.3. The van der Waals surface area contributed by atoms with E-state index >= 15 is 0 Å². The van der Waals surface area contributed by atoms with Gasteiger partial charge < -0.3 is 14.9 Å². The van der Waals surface area contributed by atoms with Gasteiger partial charge in [0.2, 0.25) is 0 Å². The number of benzene rings is 2. The van der Waals surface area contributed by atoms with Crippen LogP contribution in [0.5, 0.6) is 5.75 Å². The molecule has 3 heterocycles. The van der Waals surface area contributed by atoms with E-state index in [1.807, 2.05) is 6.07 Å². The number of likely N-dealkylation sites (N-methyl/N-ethyl adjacent to an activating group) is 1. The first-order valence-corrected chi connectivity index (χ1v) is 12.3. The number of pyridine rings is 1. The van der Waals surface area contributed by atoms with Gasteiger partial charge in [-0.25, -0.2) is 14.2 Å². The van der Waals surface area contributed by atoms with Crippen molar-refractivity contribution in [2.24, 2.45) is 5.92 Å². The minimum absolute atomic E-state index is 0.0311. The molecule has 0 saturated carbocycles. The van der Waals surface area contributed by atoms with Gasteiger partial charge in [0.15, 0.2) is 0 Å². The molecule has 0 radical (unpaired) electrons. The van der Waals surface area contributed by atoms with Crippen LogP contribution in [0, 0.1) is 11.7 Å². The third kappa shape index (κ3) is 4.52. The van der Waals surface area contributed by atoms with Crippen molar-refractivity contribution in [1.29, 1.82) is 0 Å². The largest absolute Gasteiger partial charge is 0.507 e. The minimum atomic E-state index is -0.464. The average Bonchev–Trinajstić information content (AvgIpc) is 3.18. The number of aromatic hydroxyl groups is 1. The Kier molecular flexibility index (Phi) is 6.28. The summed E-state index contributed by atoms with van der Waals surface area (Å²) in [5.74, 6) is 0.921. The normalized spacial score (nSPS) is 18.5. The lowest BCUT2D eigenvalue weighted by Crippen LogP contribution is -2.34. The molecule has 3 aromatic rings. The molecule has 6 nitrogen and oxygen atoms in total. The topological polar surface area (TPSA) is 59.9 Å². The Morgan fingerprint density at radius 1 is 1.06 bits per heavy atom. The van der Waals surface area contributed by atoms with E-state index in [0.717, 1.165) is 25.3 Å². The first kappa shape index (κ1) is 23.4. The molecular formula is C27H28ClFN4O2. The maximum Gasteiger partial charge on any atom is 0.324 e. The lowest BCUT2D eigenvalue weighted by atomic mass is 9.96. The highest BCUT2D eigenvalue weighted by Gasteiger charge is 2.28. The molecule has 5 rings (SSSR count). The number of piperidine rings is 1. The van der Waals surface area contributed by atoms with Gasteiger partial charge >= 0.3 is 6.03 Å². The van der Waals surface area contributed by atoms with E-state index < -0.39 is 5.82 Å². The summed E-state index contributed by atoms with van der Waals surface area (Å²) in [5, 5.41) is 11.6. The van der Waals surface area contributed by atoms with Crippen LogP contribution in [-0.2, 0) is 0 Å². The van der Waals surface area contributed by atoms with Crippen molar-refractivity contribution in [2.45, 2.75) is 19.8 Å². The zero-order valence-corrected chi connectivity index (χ0v) is 20.6. The number of hydrogen-bond donors (Lipinski definition) is 1. The average molecular weight is 495 g/mol. The lowest BCUT2D eigenvalue weighted by Gasteiger charge is -2.32. The Morgan fingerprint density at radius 3 is 2.46 bits per heavy atom. The van der Waals surface area contributed by atoms with Crippen molar-refractivity contribution in [1.82, 2.24) is 9.88 Å². The maximum atomic E-state index is 14.8. The monoisotopic (exact) mass is 494 g/mol. The third-order valence-corrected chi connectivity index (χ3v) is 7.18. The van der Waals surface area contributed by atoms with Gasteiger partial charge in [0, 0.05) is 50.6 Å². The number of phenolic OH excluding ortho intramolecular Hbond substituents is 1. The minimum Gasteiger partial charge on any atom is -0.507 e. The summed E-state index contributed by atoms with van der Waals surface area (Å²) in [6.07, 6.45) is 4.01. The molecule has 8 heteroatoms. The van der Waals surface area contributed by atoms with Crippen molar-refractivity contribution in [3.05, 3.63) is 59.5 Å². The van der Waals surface area contributed by atoms with Crippen LogP contribution >= 0.6 is 11.6 Å². The summed E-state index contributed by atoms with van der Waals surface area (Å²) < 4.78 is 14.8. The van der Waals surface area contributed by atoms with Crippen LogP contribution in [0.1, 0.15) is 19.8 Å². The second kappa shape index (κ2) is 9.38. The van der Waals surface area contributed by atoms with Crippen LogP contribution < -0.4 is 9.80 Å². The highest BCUT2D eigenvalue weighted by Crippen LogP contribution is 2.42. The number of aromatic nitrogens is 1. The van der Waals surface area contributed by atoms with Crippen LogP contribution in [-0.4, -0.2) is 54.2 Å². The van der Waals surface area contributed by atoms with Crippen molar-refractivity contribution < 1.29 is 14.3 Å². The molecule has 2 fully saturated rings. The summed E-state index contributed by atoms with van der Waals surface area (Å²) in [6.45, 7) is 5.26. The van der Waals surface area contributed by atoms with Gasteiger partial charge in [-0.05, 0) is 66.3 Å². The molecule has 0 spiro atoms. The van der Waals surface area contributed by atoms with Gasteiger partial charge in [-0.15, -0.1) is 0 Å². The molecule has 2 amide bonds. The zero-order chi connectivity index (χ0) is 24.7. The first-order valence-electron chi connectivity index (χ1n) is 11.9. The van der Waals surface area contributed by atoms with E-state index in [0.29, 0.717) is 52.0 Å². The molecule has 0 bridgehead atoms. The van der Waals surface area contributed by atoms with Gasteiger partial charge in [-0.3, -0.25) is 4.90 Å². The fourth-order valence-electron chi connectivity index (χ4n) is 4.96. The summed E-state index contributed by atoms with van der Waals surface area (Å²) in [7, 11) is 1.74. The predicted octanol–water partition coefficient (Wildman–Crippen LogP) is 6.02. The SMILES string of the molecule is C[C@H]1CCCN(c2cc(-c3cc(F)cc(-c4ccc(N5CCN(C)C5=O)c(Cl)c4)c3O)ccn2)C1. The zero-order valence-electron chi connectivity index (χ0n) is 19.8. The van der Waals surface area contributed by atoms with Crippen LogP contribution in [0.2, 0.25) is 5.02 Å². The van der Waals surface area contributed by atoms with E-state index in [9.17, 15) is 14.3 Å². The number of carbonyl (C=O) groups excluding carboxylic acids is 1. The fourth-order valence-corrected chi connectivity index (χ4v) is 5.24. The van der Waals surface area contributed by atoms with E-state index in [1.54, 1.807) is 47.3 Å². The van der Waals surface area contributed by atoms with Crippen LogP contribution in [0.15, 0.2) is 48.7 Å². The molecule has 1 aromatic heterocycles. The van der Waals surface area contributed by atoms with Gasteiger partial charge in [0.05, 0.1) is 10.7 Å². The van der Waals surface area contributed by atoms with E-state index in [4.69, 9.17) is 11.6 Å². The molecule has 2 aliphatic rings. The second-order valence-electron chi connectivity index (χ2n) is 9.47. The van der Waals surface area contributed by atoms with E-state index in [1.165, 1.54) is 18.6 Å². The lowest BCUT2D eigenvalue weighted by molar-refractivity contribution is 0.229. The van der Waals surface area contributed by atoms with Crippen molar-refractivity contribution in [3.8, 4) is 28.0 Å². The summed E-state index contributed by atoms with van der Waals surface area (Å²) in [4.78, 5) is 22.4. The molecule has 0 aliphatic carbocycles. The number of hydrogen-bond acceptors (Lipinski definition) is 4. The van der Waals surface area contributed by atoms with Crippen molar-refractivity contribution in [2.75, 3.05) is 43.0 Å². The van der Waals surface area contributed by atoms with Crippen LogP contribution in [0.25, 0.3) is 22.3 Å². The van der Waals surface area contributed by atoms with Crippen molar-refractivity contribution >= 4 is 29.1 Å². The Hall–Kier alpha value is -3.32. The van der Waals surface area contributed by atoms with Gasteiger partial charge in [0.1, 0.15) is 17.4 Å². The number of rotatable bonds is 4. The fraction of sp³-hybridized carbons (Fsp3) is 0.333. The predicted molar refractivity (Wildman–Crippen MR) is 138 cm³/mol. The number of amides is 2. The van der Waals surface area contributed by atoms with Gasteiger partial charge in [-0.2, -0.15) is 0 Å². The Labute approximate surface area is 209 Å². The Bertz CT molecular complexity index is 1280. The highest BCUT2D eigenvalue weighted by molar-refractivity contribution is 6.34. The Balaban J connectivity index is 1.50. The van der Waals surface area contributed by atoms with Crippen LogP contribution in [0.4, 0.5) is 20.7 Å².